The molecule has 1 N–H and O–H groups in total. The molecular weight excluding hydrogens is 470 g/mol. The molecule has 2 aliphatic heterocycles. The first-order valence-corrected chi connectivity index (χ1v) is 14.2. The predicted molar refractivity (Wildman–Crippen MR) is 135 cm³/mol. The lowest BCUT2D eigenvalue weighted by atomic mass is 9.98. The third kappa shape index (κ3) is 10.7. The van der Waals surface area contributed by atoms with Crippen LogP contribution < -0.4 is 10.2 Å². The van der Waals surface area contributed by atoms with Crippen molar-refractivity contribution < 1.29 is 21.6 Å². The van der Waals surface area contributed by atoms with Crippen molar-refractivity contribution >= 4 is 25.0 Å². The van der Waals surface area contributed by atoms with Crippen LogP contribution in [0, 0.1) is 5.92 Å². The Morgan fingerprint density at radius 2 is 1.64 bits per heavy atom. The summed E-state index contributed by atoms with van der Waals surface area (Å²) >= 11 is 0. The fourth-order valence-corrected chi connectivity index (χ4v) is 4.70. The summed E-state index contributed by atoms with van der Waals surface area (Å²) < 4.78 is 61.7. The fraction of sp³-hybridized carbons (Fsp3) is 0.652. The Labute approximate surface area is 200 Å². The number of rotatable bonds is 4. The largest absolute Gasteiger partial charge is 0.416 e. The molecule has 0 amide bonds. The van der Waals surface area contributed by atoms with E-state index in [4.69, 9.17) is 0 Å². The smallest absolute Gasteiger partial charge is 0.386 e. The van der Waals surface area contributed by atoms with Crippen LogP contribution in [0.2, 0.25) is 0 Å². The maximum atomic E-state index is 12.6. The van der Waals surface area contributed by atoms with Crippen LogP contribution in [-0.2, 0) is 16.2 Å². The van der Waals surface area contributed by atoms with E-state index in [1.54, 1.807) is 6.07 Å². The Bertz CT molecular complexity index is 834. The maximum Gasteiger partial charge on any atom is 0.416 e. The highest BCUT2D eigenvalue weighted by Gasteiger charge is 2.31. The molecule has 1 aromatic carbocycles. The highest BCUT2D eigenvalue weighted by molar-refractivity contribution is 7.88. The molecule has 0 bridgehead atoms. The molecule has 2 heterocycles. The van der Waals surface area contributed by atoms with Gasteiger partial charge in [0.25, 0.3) is 0 Å². The van der Waals surface area contributed by atoms with Gasteiger partial charge in [-0.3, -0.25) is 0 Å². The SMILES string of the molecule is C=C(C)NC1CCN(S(C)(=O)=O)CC1.CC1CCN(c2cccc(C(F)(F)F)c2)CC1.CP. The van der Waals surface area contributed by atoms with Gasteiger partial charge in [0.05, 0.1) is 11.8 Å². The van der Waals surface area contributed by atoms with Crippen LogP contribution in [0.4, 0.5) is 18.9 Å². The van der Waals surface area contributed by atoms with Crippen molar-refractivity contribution in [2.75, 3.05) is 44.0 Å². The molecule has 190 valence electrons. The van der Waals surface area contributed by atoms with Gasteiger partial charge in [-0.05, 0) is 56.7 Å². The third-order valence-corrected chi connectivity index (χ3v) is 7.00. The van der Waals surface area contributed by atoms with E-state index < -0.39 is 21.8 Å². The van der Waals surface area contributed by atoms with Crippen LogP contribution in [0.15, 0.2) is 36.5 Å². The van der Waals surface area contributed by atoms with Gasteiger partial charge in [-0.1, -0.05) is 26.2 Å². The summed E-state index contributed by atoms with van der Waals surface area (Å²) in [5.41, 5.74) is 1.07. The second kappa shape index (κ2) is 13.5. The number of alkyl halides is 3. The van der Waals surface area contributed by atoms with Crippen LogP contribution in [-0.4, -0.2) is 57.9 Å². The van der Waals surface area contributed by atoms with E-state index in [0.717, 1.165) is 50.5 Å². The minimum atomic E-state index is -4.25. The van der Waals surface area contributed by atoms with Gasteiger partial charge < -0.3 is 10.2 Å². The number of benzene rings is 1. The second-order valence-corrected chi connectivity index (χ2v) is 10.6. The van der Waals surface area contributed by atoms with E-state index in [0.29, 0.717) is 30.7 Å². The Hall–Kier alpha value is -1.31. The lowest BCUT2D eigenvalue weighted by Gasteiger charge is -2.32. The minimum Gasteiger partial charge on any atom is -0.386 e. The molecule has 0 aromatic heterocycles. The molecule has 2 saturated heterocycles. The zero-order chi connectivity index (χ0) is 25.2. The molecule has 2 aliphatic rings. The number of anilines is 1. The number of hydrogen-bond donors (Lipinski definition) is 1. The predicted octanol–water partition coefficient (Wildman–Crippen LogP) is 4.97. The molecule has 0 spiro atoms. The van der Waals surface area contributed by atoms with Gasteiger partial charge in [0.2, 0.25) is 10.0 Å². The van der Waals surface area contributed by atoms with Crippen LogP contribution in [0.25, 0.3) is 0 Å². The highest BCUT2D eigenvalue weighted by Crippen LogP contribution is 2.32. The molecule has 1 unspecified atom stereocenters. The third-order valence-electron chi connectivity index (χ3n) is 5.70. The summed E-state index contributed by atoms with van der Waals surface area (Å²) in [6.07, 6.45) is 0.838. The first kappa shape index (κ1) is 29.7. The molecule has 10 heteroatoms. The minimum absolute atomic E-state index is 0.380. The molecular formula is C23H39F3N3O2PS. The van der Waals surface area contributed by atoms with E-state index in [-0.39, 0.29) is 0 Å². The number of piperidine rings is 2. The van der Waals surface area contributed by atoms with Crippen molar-refractivity contribution in [3.63, 3.8) is 0 Å². The molecule has 1 aromatic rings. The summed E-state index contributed by atoms with van der Waals surface area (Å²) in [6, 6.07) is 5.98. The quantitative estimate of drug-likeness (QED) is 0.583. The van der Waals surface area contributed by atoms with Crippen LogP contribution in [0.1, 0.15) is 45.1 Å². The van der Waals surface area contributed by atoms with Gasteiger partial charge in [-0.2, -0.15) is 13.2 Å². The number of halogens is 3. The van der Waals surface area contributed by atoms with Crippen LogP contribution in [0.5, 0.6) is 0 Å². The van der Waals surface area contributed by atoms with Crippen molar-refractivity contribution in [2.24, 2.45) is 5.92 Å². The Morgan fingerprint density at radius 3 is 2.09 bits per heavy atom. The van der Waals surface area contributed by atoms with Crippen molar-refractivity contribution in [3.05, 3.63) is 42.1 Å². The number of sulfonamides is 1. The van der Waals surface area contributed by atoms with Crippen molar-refractivity contribution in [3.8, 4) is 0 Å². The lowest BCUT2D eigenvalue weighted by molar-refractivity contribution is -0.137. The van der Waals surface area contributed by atoms with E-state index in [1.165, 1.54) is 22.7 Å². The highest BCUT2D eigenvalue weighted by atomic mass is 32.2. The summed E-state index contributed by atoms with van der Waals surface area (Å²) in [7, 11) is -0.578. The number of allylic oxidation sites excluding steroid dienone is 1. The molecule has 0 saturated carbocycles. The molecule has 5 nitrogen and oxygen atoms in total. The Balaban J connectivity index is 0.000000313. The average molecular weight is 510 g/mol. The van der Waals surface area contributed by atoms with Crippen molar-refractivity contribution in [1.29, 1.82) is 0 Å². The molecule has 0 radical (unpaired) electrons. The zero-order valence-electron chi connectivity index (χ0n) is 20.2. The van der Waals surface area contributed by atoms with Gasteiger partial charge in [-0.15, -0.1) is 9.24 Å². The second-order valence-electron chi connectivity index (χ2n) is 8.58. The average Bonchev–Trinajstić information content (AvgIpc) is 2.75. The molecule has 33 heavy (non-hydrogen) atoms. The Kier molecular flexibility index (Phi) is 12.2. The zero-order valence-corrected chi connectivity index (χ0v) is 22.1. The molecule has 3 rings (SSSR count). The van der Waals surface area contributed by atoms with E-state index >= 15 is 0 Å². The topological polar surface area (TPSA) is 52.7 Å². The number of hydrogen-bond acceptors (Lipinski definition) is 4. The van der Waals surface area contributed by atoms with E-state index in [9.17, 15) is 21.6 Å². The standard InChI is InChI=1S/C13H16F3N.C9H18N2O2S.CH5P/c1-10-5-7-17(8-6-10)12-4-2-3-11(9-12)13(14,15)16;1-8(2)10-9-4-6-11(7-5-9)14(3,12)13;1-2/h2-4,9-10H,5-8H2,1H3;9-10H,1,4-7H2,2-3H3;2H2,1H3. The first-order chi connectivity index (χ1) is 15.4. The van der Waals surface area contributed by atoms with Crippen molar-refractivity contribution in [1.82, 2.24) is 9.62 Å². The van der Waals surface area contributed by atoms with Gasteiger partial charge >= 0.3 is 6.18 Å². The monoisotopic (exact) mass is 509 g/mol. The van der Waals surface area contributed by atoms with Gasteiger partial charge in [-0.25, -0.2) is 12.7 Å². The maximum absolute atomic E-state index is 12.6. The Morgan fingerprint density at radius 1 is 1.09 bits per heavy atom. The van der Waals surface area contributed by atoms with Crippen LogP contribution >= 0.6 is 9.24 Å². The molecule has 0 aliphatic carbocycles. The van der Waals surface area contributed by atoms with Gasteiger partial charge in [0, 0.05) is 43.6 Å². The number of nitrogens with one attached hydrogen (secondary N) is 1. The summed E-state index contributed by atoms with van der Waals surface area (Å²) in [5, 5.41) is 3.24. The summed E-state index contributed by atoms with van der Waals surface area (Å²) in [5.74, 6) is 0.678. The fourth-order valence-electron chi connectivity index (χ4n) is 3.83. The van der Waals surface area contributed by atoms with E-state index in [1.807, 2.05) is 18.5 Å². The summed E-state index contributed by atoms with van der Waals surface area (Å²) in [6.45, 7) is 12.7. The molecule has 1 atom stereocenters. The van der Waals surface area contributed by atoms with Gasteiger partial charge in [0.1, 0.15) is 0 Å². The number of nitrogens with zero attached hydrogens (tertiary/aromatic N) is 2. The van der Waals surface area contributed by atoms with Crippen molar-refractivity contribution in [2.45, 2.75) is 51.7 Å². The molecule has 2 fully saturated rings. The summed E-state index contributed by atoms with van der Waals surface area (Å²) in [4.78, 5) is 2.04. The van der Waals surface area contributed by atoms with Crippen LogP contribution in [0.3, 0.4) is 0 Å². The lowest BCUT2D eigenvalue weighted by Crippen LogP contribution is -2.43. The normalized spacial score (nSPS) is 18.5. The first-order valence-electron chi connectivity index (χ1n) is 11.2. The van der Waals surface area contributed by atoms with Gasteiger partial charge in [0.15, 0.2) is 0 Å². The van der Waals surface area contributed by atoms with E-state index in [2.05, 4.69) is 28.1 Å².